The zero-order valence-electron chi connectivity index (χ0n) is 42.1. The second-order valence-electron chi connectivity index (χ2n) is 20.2. The summed E-state index contributed by atoms with van der Waals surface area (Å²) < 4.78 is 55.7. The van der Waals surface area contributed by atoms with E-state index in [9.17, 15) is 19.2 Å². The number of ether oxygens (including phenoxy) is 10. The fourth-order valence-electron chi connectivity index (χ4n) is 14.1. The maximum atomic E-state index is 12.1. The molecule has 384 valence electrons. The average molecular weight is 977 g/mol. The van der Waals surface area contributed by atoms with Gasteiger partial charge < -0.3 is 47.4 Å². The van der Waals surface area contributed by atoms with Crippen molar-refractivity contribution in [2.75, 3.05) is 69.1 Å². The molecular formula is C54H72O16. The van der Waals surface area contributed by atoms with E-state index < -0.39 is 47.1 Å². The third-order valence-corrected chi connectivity index (χ3v) is 16.4. The van der Waals surface area contributed by atoms with Gasteiger partial charge in [-0.2, -0.15) is 4.89 Å². The van der Waals surface area contributed by atoms with Crippen LogP contribution in [0.5, 0.6) is 11.5 Å². The van der Waals surface area contributed by atoms with Crippen LogP contribution in [0.1, 0.15) is 102 Å². The van der Waals surface area contributed by atoms with E-state index >= 15 is 0 Å². The van der Waals surface area contributed by atoms with E-state index in [-0.39, 0.29) is 42.5 Å². The molecule has 5 unspecified atom stereocenters. The van der Waals surface area contributed by atoms with E-state index in [1.54, 1.807) is 14.2 Å². The van der Waals surface area contributed by atoms with E-state index in [4.69, 9.17) is 57.1 Å². The van der Waals surface area contributed by atoms with Gasteiger partial charge in [-0.1, -0.05) is 24.3 Å². The number of hydrogen-bond donors (Lipinski definition) is 0. The highest BCUT2D eigenvalue weighted by molar-refractivity contribution is 5.95. The zero-order valence-corrected chi connectivity index (χ0v) is 42.1. The van der Waals surface area contributed by atoms with E-state index in [0.29, 0.717) is 43.5 Å². The first-order valence-electron chi connectivity index (χ1n) is 25.1. The number of carbonyl (C=O) groups is 4. The van der Waals surface area contributed by atoms with Gasteiger partial charge >= 0.3 is 23.9 Å². The number of hydrogen-bond acceptors (Lipinski definition) is 16. The molecule has 8 saturated carbocycles. The first-order valence-corrected chi connectivity index (χ1v) is 25.1. The molecule has 1 heterocycles. The van der Waals surface area contributed by atoms with E-state index in [2.05, 4.69) is 12.1 Å². The Morgan fingerprint density at radius 3 is 1.53 bits per heavy atom. The Balaban J connectivity index is 0.000000189. The Labute approximate surface area is 411 Å². The maximum Gasteiger partial charge on any atom is 0.320 e. The number of rotatable bonds is 20. The second kappa shape index (κ2) is 21.5. The Morgan fingerprint density at radius 1 is 0.586 bits per heavy atom. The summed E-state index contributed by atoms with van der Waals surface area (Å²) in [5.41, 5.74) is 2.24. The minimum absolute atomic E-state index is 0.185. The van der Waals surface area contributed by atoms with Crippen molar-refractivity contribution >= 4 is 29.6 Å². The molecule has 8 aliphatic carbocycles. The van der Waals surface area contributed by atoms with Crippen LogP contribution in [0, 0.1) is 47.3 Å². The highest BCUT2D eigenvalue weighted by Crippen LogP contribution is 2.71. The highest BCUT2D eigenvalue weighted by Gasteiger charge is 2.78. The summed E-state index contributed by atoms with van der Waals surface area (Å²) in [5, 5.41) is 0. The summed E-state index contributed by atoms with van der Waals surface area (Å²) in [5.74, 6) is -0.357. The topological polar surface area (TPSA) is 179 Å². The number of methoxy groups -OCH3 is 6. The van der Waals surface area contributed by atoms with Crippen LogP contribution in [0.15, 0.2) is 54.1 Å². The van der Waals surface area contributed by atoms with Crippen molar-refractivity contribution in [3.63, 3.8) is 0 Å². The second-order valence-corrected chi connectivity index (χ2v) is 20.2. The number of carbonyl (C=O) groups excluding carboxylic acids is 4. The number of allylic oxidation sites excluding steroid dienone is 1. The normalized spacial score (nSPS) is 31.7. The molecule has 0 radical (unpaired) electrons. The molecule has 2 aromatic rings. The molecule has 0 amide bonds. The summed E-state index contributed by atoms with van der Waals surface area (Å²) in [4.78, 5) is 60.1. The molecule has 1 saturated heterocycles. The van der Waals surface area contributed by atoms with Crippen molar-refractivity contribution in [1.29, 1.82) is 0 Å². The van der Waals surface area contributed by atoms with Crippen LogP contribution in [0.4, 0.5) is 0 Å². The lowest BCUT2D eigenvalue weighted by Gasteiger charge is -2.70. The molecular weight excluding hydrogens is 905 g/mol. The van der Waals surface area contributed by atoms with Crippen molar-refractivity contribution in [1.82, 2.24) is 0 Å². The van der Waals surface area contributed by atoms with Gasteiger partial charge in [0.2, 0.25) is 0 Å². The molecule has 16 heteroatoms. The lowest BCUT2D eigenvalue weighted by Crippen LogP contribution is -2.78. The third kappa shape index (κ3) is 9.55. The average Bonchev–Trinajstić information content (AvgIpc) is 3.34. The van der Waals surface area contributed by atoms with Gasteiger partial charge in [0.15, 0.2) is 17.4 Å². The quantitative estimate of drug-likeness (QED) is 0.0410. The minimum Gasteiger partial charge on any atom is -0.496 e. The highest BCUT2D eigenvalue weighted by atomic mass is 17.3. The van der Waals surface area contributed by atoms with Gasteiger partial charge in [0.1, 0.15) is 17.3 Å². The van der Waals surface area contributed by atoms with Crippen molar-refractivity contribution in [3.05, 3.63) is 65.2 Å². The Kier molecular flexibility index (Phi) is 15.9. The monoisotopic (exact) mass is 976 g/mol. The molecule has 70 heavy (non-hydrogen) atoms. The number of esters is 4. The third-order valence-electron chi connectivity index (χ3n) is 16.4. The molecule has 9 fully saturated rings. The first-order chi connectivity index (χ1) is 33.8. The molecule has 1 aliphatic heterocycles. The van der Waals surface area contributed by atoms with Crippen molar-refractivity contribution in [3.8, 4) is 11.5 Å². The van der Waals surface area contributed by atoms with E-state index in [1.807, 2.05) is 50.2 Å². The largest absolute Gasteiger partial charge is 0.496 e. The summed E-state index contributed by atoms with van der Waals surface area (Å²) in [7, 11) is 8.53. The Morgan fingerprint density at radius 2 is 1.07 bits per heavy atom. The van der Waals surface area contributed by atoms with Crippen molar-refractivity contribution < 1.29 is 76.3 Å². The predicted octanol–water partition coefficient (Wildman–Crippen LogP) is 7.92. The van der Waals surface area contributed by atoms with Gasteiger partial charge in [0, 0.05) is 43.3 Å². The Hall–Kier alpha value is -4.74. The summed E-state index contributed by atoms with van der Waals surface area (Å²) in [6.45, 7) is 5.75. The lowest BCUT2D eigenvalue weighted by molar-refractivity contribution is -0.647. The van der Waals surface area contributed by atoms with Crippen LogP contribution in [-0.2, 0) is 72.6 Å². The molecule has 9 aliphatic rings. The molecule has 0 aromatic heterocycles. The predicted molar refractivity (Wildman–Crippen MR) is 251 cm³/mol. The minimum atomic E-state index is -1.01. The van der Waals surface area contributed by atoms with Gasteiger partial charge in [-0.25, -0.2) is 4.89 Å². The van der Waals surface area contributed by atoms with Crippen LogP contribution >= 0.6 is 0 Å². The van der Waals surface area contributed by atoms with Gasteiger partial charge in [0.05, 0.1) is 60.0 Å². The van der Waals surface area contributed by atoms with Gasteiger partial charge in [-0.15, -0.1) is 0 Å². The smallest absolute Gasteiger partial charge is 0.320 e. The van der Waals surface area contributed by atoms with Crippen molar-refractivity contribution in [2.45, 2.75) is 113 Å². The van der Waals surface area contributed by atoms with E-state index in [0.717, 1.165) is 92.6 Å². The number of benzene rings is 2. The first kappa shape index (κ1) is 51.6. The van der Waals surface area contributed by atoms with E-state index in [1.165, 1.54) is 34.0 Å². The van der Waals surface area contributed by atoms with Crippen LogP contribution in [0.3, 0.4) is 0 Å². The lowest BCUT2D eigenvalue weighted by atomic mass is 9.45. The van der Waals surface area contributed by atoms with Crippen molar-refractivity contribution in [2.24, 2.45) is 47.3 Å². The fourth-order valence-corrected chi connectivity index (χ4v) is 14.1. The van der Waals surface area contributed by atoms with Crippen LogP contribution in [-0.4, -0.2) is 110 Å². The molecule has 8 bridgehead atoms. The molecule has 0 N–H and O–H groups in total. The standard InChI is InChI=1S/C27H36O9.C27H36O7/c1-5-33-21-8-6-7-18(13-21)27(32-4)26(35-36-27)19-11-17-12-20(26)16-25(14-17,15-19)34-10-9-22(23(28)30-2)24(29)31-3;1-5-33-21-8-6-7-18(13-21)24(30-2)23-19-11-17-12-20(23)16-27(14-17,15-19)34-10-9-22(25(28)31-3)26(29)32-4/h6-8,13,17,19-20,22H,5,9-12,14-16H2,1-4H3;6-8,13,17,19-20,22H,5,9-12,14-16H2,1-4H3. The summed E-state index contributed by atoms with van der Waals surface area (Å²) in [6, 6.07) is 16.0. The fraction of sp³-hybridized carbons (Fsp3) is 0.667. The van der Waals surface area contributed by atoms with Crippen LogP contribution in [0.25, 0.3) is 5.76 Å². The Bertz CT molecular complexity index is 2170. The molecule has 16 nitrogen and oxygen atoms in total. The molecule has 11 rings (SSSR count). The summed E-state index contributed by atoms with van der Waals surface area (Å²) in [6.07, 6.45) is 10.3. The van der Waals surface area contributed by atoms with Gasteiger partial charge in [-0.05, 0) is 144 Å². The summed E-state index contributed by atoms with van der Waals surface area (Å²) >= 11 is 0. The maximum absolute atomic E-state index is 12.1. The molecule has 5 atom stereocenters. The zero-order chi connectivity index (χ0) is 49.8. The van der Waals surface area contributed by atoms with Gasteiger partial charge in [-0.3, -0.25) is 19.2 Å². The molecule has 1 spiro atoms. The molecule has 2 aromatic carbocycles. The van der Waals surface area contributed by atoms with Gasteiger partial charge in [0.25, 0.3) is 5.79 Å². The SMILES string of the molecule is CCOc1cccc(C(OC)=C2C3CC4CC2CC(OCCC(C(=O)OC)C(=O)OC)(C4)C3)c1.CCOc1cccc(C2(OC)OOC23C2CC4CC3CC(OCCC(C(=O)OC)C(=O)OC)(C4)C2)c1. The van der Waals surface area contributed by atoms with Crippen LogP contribution in [0.2, 0.25) is 0 Å². The van der Waals surface area contributed by atoms with Crippen LogP contribution < -0.4 is 9.47 Å².